The smallest absolute Gasteiger partial charge is 0.222 e. The number of nitrogens with zero attached hydrogens (tertiary/aromatic N) is 2. The van der Waals surface area contributed by atoms with Crippen LogP contribution in [0.2, 0.25) is 0 Å². The van der Waals surface area contributed by atoms with Crippen molar-refractivity contribution in [3.63, 3.8) is 0 Å². The Morgan fingerprint density at radius 3 is 2.30 bits per heavy atom. The van der Waals surface area contributed by atoms with Gasteiger partial charge in [0.25, 0.3) is 0 Å². The molecule has 0 fully saturated rings. The third-order valence-electron chi connectivity index (χ3n) is 4.67. The third-order valence-corrected chi connectivity index (χ3v) is 4.67. The van der Waals surface area contributed by atoms with Crippen LogP contribution >= 0.6 is 0 Å². The summed E-state index contributed by atoms with van der Waals surface area (Å²) in [5, 5.41) is 3.44. The van der Waals surface area contributed by atoms with Gasteiger partial charge in [-0.3, -0.25) is 0 Å². The fraction of sp³-hybridized carbons (Fsp3) is 0.273. The van der Waals surface area contributed by atoms with E-state index in [4.69, 9.17) is 10.5 Å². The molecule has 1 aromatic heterocycles. The maximum Gasteiger partial charge on any atom is 0.222 e. The van der Waals surface area contributed by atoms with Gasteiger partial charge < -0.3 is 15.8 Å². The highest BCUT2D eigenvalue weighted by atomic mass is 16.5. The van der Waals surface area contributed by atoms with Gasteiger partial charge in [0.15, 0.2) is 0 Å². The maximum absolute atomic E-state index is 6.02. The monoisotopic (exact) mass is 360 g/mol. The molecule has 4 rings (SSSR count). The number of hydrogen-bond acceptors (Lipinski definition) is 5. The zero-order valence-corrected chi connectivity index (χ0v) is 15.6. The Morgan fingerprint density at radius 1 is 1.00 bits per heavy atom. The van der Waals surface area contributed by atoms with E-state index in [1.165, 1.54) is 11.1 Å². The van der Waals surface area contributed by atoms with E-state index in [1.54, 1.807) is 0 Å². The molecular formula is C22H24N4O. The van der Waals surface area contributed by atoms with Gasteiger partial charge in [-0.2, -0.15) is 0 Å². The van der Waals surface area contributed by atoms with Crippen molar-refractivity contribution in [2.75, 3.05) is 11.1 Å². The summed E-state index contributed by atoms with van der Waals surface area (Å²) in [6.07, 6.45) is 5.76. The molecule has 0 saturated heterocycles. The Labute approximate surface area is 159 Å². The average Bonchev–Trinajstić information content (AvgIpc) is 3.03. The van der Waals surface area contributed by atoms with Crippen molar-refractivity contribution in [1.29, 1.82) is 0 Å². The van der Waals surface area contributed by atoms with Gasteiger partial charge in [0.05, 0.1) is 6.10 Å². The van der Waals surface area contributed by atoms with Gasteiger partial charge in [-0.25, -0.2) is 9.97 Å². The van der Waals surface area contributed by atoms with E-state index in [1.807, 2.05) is 44.4 Å². The van der Waals surface area contributed by atoms with Gasteiger partial charge in [0, 0.05) is 35.8 Å². The lowest BCUT2D eigenvalue weighted by molar-refractivity contribution is 0.242. The molecule has 5 nitrogen and oxygen atoms in total. The van der Waals surface area contributed by atoms with Crippen LogP contribution in [-0.4, -0.2) is 22.1 Å². The van der Waals surface area contributed by atoms with E-state index in [-0.39, 0.29) is 6.10 Å². The number of fused-ring (bicyclic) bond motifs is 1. The molecule has 1 aliphatic rings. The molecule has 0 atom stereocenters. The Hall–Kier alpha value is -3.08. The molecule has 0 unspecified atom stereocenters. The van der Waals surface area contributed by atoms with Crippen molar-refractivity contribution in [2.24, 2.45) is 0 Å². The van der Waals surface area contributed by atoms with Gasteiger partial charge in [-0.05, 0) is 55.5 Å². The summed E-state index contributed by atoms with van der Waals surface area (Å²) in [4.78, 5) is 9.00. The molecular weight excluding hydrogens is 336 g/mol. The summed E-state index contributed by atoms with van der Waals surface area (Å²) in [6, 6.07) is 14.6. The van der Waals surface area contributed by atoms with Crippen molar-refractivity contribution in [1.82, 2.24) is 9.97 Å². The number of ether oxygens (including phenoxy) is 1. The van der Waals surface area contributed by atoms with E-state index in [0.717, 1.165) is 29.7 Å². The Kier molecular flexibility index (Phi) is 4.67. The molecule has 0 amide bonds. The first-order valence-corrected chi connectivity index (χ1v) is 9.30. The minimum atomic E-state index is 0.0954. The SMILES string of the molecule is CC(C)Oc1cc(N)cc(-c2cnc(NC3Cc4ccccc4C3)nc2)c1. The first-order valence-electron chi connectivity index (χ1n) is 9.30. The lowest BCUT2D eigenvalue weighted by atomic mass is 10.1. The molecule has 0 aliphatic heterocycles. The van der Waals surface area contributed by atoms with Crippen molar-refractivity contribution < 1.29 is 4.74 Å². The van der Waals surface area contributed by atoms with E-state index >= 15 is 0 Å². The predicted octanol–water partition coefficient (Wildman–Crippen LogP) is 4.09. The summed E-state index contributed by atoms with van der Waals surface area (Å²) < 4.78 is 5.77. The molecule has 0 saturated carbocycles. The van der Waals surface area contributed by atoms with Crippen LogP contribution in [0.15, 0.2) is 54.9 Å². The van der Waals surface area contributed by atoms with Crippen LogP contribution in [0.1, 0.15) is 25.0 Å². The molecule has 1 heterocycles. The molecule has 27 heavy (non-hydrogen) atoms. The van der Waals surface area contributed by atoms with E-state index < -0.39 is 0 Å². The second kappa shape index (κ2) is 7.27. The van der Waals surface area contributed by atoms with Crippen molar-refractivity contribution in [2.45, 2.75) is 38.8 Å². The molecule has 0 spiro atoms. The number of nitrogens with two attached hydrogens (primary N) is 1. The minimum absolute atomic E-state index is 0.0954. The Balaban J connectivity index is 1.47. The first-order chi connectivity index (χ1) is 13.1. The number of nitrogen functional groups attached to an aromatic ring is 1. The van der Waals surface area contributed by atoms with Gasteiger partial charge in [0.1, 0.15) is 5.75 Å². The number of rotatable bonds is 5. The summed E-state index contributed by atoms with van der Waals surface area (Å²) >= 11 is 0. The number of aromatic nitrogens is 2. The van der Waals surface area contributed by atoms with Crippen LogP contribution < -0.4 is 15.8 Å². The van der Waals surface area contributed by atoms with E-state index in [2.05, 4.69) is 39.6 Å². The van der Waals surface area contributed by atoms with Crippen molar-refractivity contribution in [3.8, 4) is 16.9 Å². The van der Waals surface area contributed by atoms with E-state index in [9.17, 15) is 0 Å². The standard InChI is InChI=1S/C22H24N4O/c1-14(2)27-21-10-17(7-19(23)11-21)18-12-24-22(25-13-18)26-20-8-15-5-3-4-6-16(15)9-20/h3-7,10-14,20H,8-9,23H2,1-2H3,(H,24,25,26). The Bertz CT molecular complexity index is 912. The fourth-order valence-corrected chi connectivity index (χ4v) is 3.52. The van der Waals surface area contributed by atoms with Gasteiger partial charge in [-0.1, -0.05) is 24.3 Å². The maximum atomic E-state index is 6.02. The summed E-state index contributed by atoms with van der Waals surface area (Å²) in [7, 11) is 0. The molecule has 5 heteroatoms. The highest BCUT2D eigenvalue weighted by Crippen LogP contribution is 2.28. The topological polar surface area (TPSA) is 73.1 Å². The van der Waals surface area contributed by atoms with Crippen molar-refractivity contribution in [3.05, 3.63) is 66.0 Å². The third kappa shape index (κ3) is 4.03. The highest BCUT2D eigenvalue weighted by molar-refractivity contribution is 5.68. The van der Waals surface area contributed by atoms with Crippen LogP contribution in [0, 0.1) is 0 Å². The quantitative estimate of drug-likeness (QED) is 0.671. The van der Waals surface area contributed by atoms with Gasteiger partial charge in [0.2, 0.25) is 5.95 Å². The molecule has 0 radical (unpaired) electrons. The average molecular weight is 360 g/mol. The first kappa shape index (κ1) is 17.3. The normalized spacial score (nSPS) is 13.6. The van der Waals surface area contributed by atoms with Crippen molar-refractivity contribution >= 4 is 11.6 Å². The number of benzene rings is 2. The van der Waals surface area contributed by atoms with Crippen LogP contribution in [0.3, 0.4) is 0 Å². The van der Waals surface area contributed by atoms with Crippen LogP contribution in [-0.2, 0) is 12.8 Å². The predicted molar refractivity (Wildman–Crippen MR) is 109 cm³/mol. The van der Waals surface area contributed by atoms with Crippen LogP contribution in [0.5, 0.6) is 5.75 Å². The lowest BCUT2D eigenvalue weighted by Gasteiger charge is -2.13. The highest BCUT2D eigenvalue weighted by Gasteiger charge is 2.21. The second-order valence-electron chi connectivity index (χ2n) is 7.27. The van der Waals surface area contributed by atoms with Gasteiger partial charge >= 0.3 is 0 Å². The summed E-state index contributed by atoms with van der Waals surface area (Å²) in [6.45, 7) is 3.99. The number of anilines is 2. The minimum Gasteiger partial charge on any atom is -0.491 e. The summed E-state index contributed by atoms with van der Waals surface area (Å²) in [5.41, 5.74) is 11.4. The number of nitrogens with one attached hydrogen (secondary N) is 1. The Morgan fingerprint density at radius 2 is 1.67 bits per heavy atom. The van der Waals surface area contributed by atoms with Gasteiger partial charge in [-0.15, -0.1) is 0 Å². The van der Waals surface area contributed by atoms with Crippen LogP contribution in [0.25, 0.3) is 11.1 Å². The molecule has 2 aromatic carbocycles. The number of hydrogen-bond donors (Lipinski definition) is 2. The fourth-order valence-electron chi connectivity index (χ4n) is 3.52. The molecule has 3 aromatic rings. The zero-order valence-electron chi connectivity index (χ0n) is 15.6. The molecule has 138 valence electrons. The van der Waals surface area contributed by atoms with Crippen LogP contribution in [0.4, 0.5) is 11.6 Å². The second-order valence-corrected chi connectivity index (χ2v) is 7.27. The molecule has 3 N–H and O–H groups in total. The molecule has 0 bridgehead atoms. The lowest BCUT2D eigenvalue weighted by Crippen LogP contribution is -2.20. The largest absolute Gasteiger partial charge is 0.491 e. The zero-order chi connectivity index (χ0) is 18.8. The summed E-state index contributed by atoms with van der Waals surface area (Å²) in [5.74, 6) is 1.41. The molecule has 1 aliphatic carbocycles. The van der Waals surface area contributed by atoms with E-state index in [0.29, 0.717) is 17.7 Å².